The van der Waals surface area contributed by atoms with Crippen molar-refractivity contribution >= 4 is 5.69 Å². The molecule has 1 atom stereocenters. The number of nitrogens with one attached hydrogen (secondary N) is 1. The first-order chi connectivity index (χ1) is 9.28. The zero-order valence-electron chi connectivity index (χ0n) is 11.3. The normalized spacial score (nSPS) is 12.3. The van der Waals surface area contributed by atoms with Crippen LogP contribution in [0.1, 0.15) is 18.9 Å². The van der Waals surface area contributed by atoms with Crippen LogP contribution in [0, 0.1) is 0 Å². The van der Waals surface area contributed by atoms with Gasteiger partial charge in [-0.25, -0.2) is 0 Å². The number of aryl methyl sites for hydroxylation is 1. The number of rotatable bonds is 7. The first kappa shape index (κ1) is 13.6. The molecule has 0 saturated heterocycles. The lowest BCUT2D eigenvalue weighted by Gasteiger charge is -2.13. The van der Waals surface area contributed by atoms with Crippen molar-refractivity contribution in [1.29, 1.82) is 0 Å². The van der Waals surface area contributed by atoms with Crippen LogP contribution in [0.25, 0.3) is 0 Å². The molecule has 0 radical (unpaired) electrons. The molecule has 0 bridgehead atoms. The third-order valence-electron chi connectivity index (χ3n) is 3.08. The summed E-state index contributed by atoms with van der Waals surface area (Å²) in [6.07, 6.45) is 5.87. The zero-order valence-corrected chi connectivity index (χ0v) is 11.3. The van der Waals surface area contributed by atoms with Gasteiger partial charge in [-0.05, 0) is 25.3 Å². The second-order valence-electron chi connectivity index (χ2n) is 4.79. The van der Waals surface area contributed by atoms with Crippen molar-refractivity contribution in [1.82, 2.24) is 9.78 Å². The van der Waals surface area contributed by atoms with Gasteiger partial charge in [0.25, 0.3) is 0 Å². The van der Waals surface area contributed by atoms with Crippen LogP contribution in [0.15, 0.2) is 42.7 Å². The van der Waals surface area contributed by atoms with Crippen molar-refractivity contribution in [2.45, 2.75) is 32.4 Å². The van der Waals surface area contributed by atoms with Crippen LogP contribution in [-0.4, -0.2) is 27.5 Å². The second kappa shape index (κ2) is 6.95. The minimum Gasteiger partial charge on any atom is -0.394 e. The van der Waals surface area contributed by atoms with Gasteiger partial charge in [-0.3, -0.25) is 4.68 Å². The van der Waals surface area contributed by atoms with Gasteiger partial charge in [-0.1, -0.05) is 30.3 Å². The molecule has 0 spiro atoms. The number of aromatic nitrogens is 2. The molecule has 0 amide bonds. The molecule has 4 nitrogen and oxygen atoms in total. The van der Waals surface area contributed by atoms with Crippen LogP contribution in [0.4, 0.5) is 5.69 Å². The lowest BCUT2D eigenvalue weighted by Crippen LogP contribution is -2.15. The summed E-state index contributed by atoms with van der Waals surface area (Å²) in [6, 6.07) is 10.9. The van der Waals surface area contributed by atoms with Crippen molar-refractivity contribution in [3.8, 4) is 0 Å². The van der Waals surface area contributed by atoms with Gasteiger partial charge in [-0.15, -0.1) is 0 Å². The van der Waals surface area contributed by atoms with Gasteiger partial charge < -0.3 is 10.4 Å². The summed E-state index contributed by atoms with van der Waals surface area (Å²) in [6.45, 7) is 2.83. The second-order valence-corrected chi connectivity index (χ2v) is 4.79. The number of aliphatic hydroxyl groups excluding tert-OH is 1. The van der Waals surface area contributed by atoms with Gasteiger partial charge in [0.2, 0.25) is 0 Å². The topological polar surface area (TPSA) is 50.1 Å². The van der Waals surface area contributed by atoms with Crippen LogP contribution >= 0.6 is 0 Å². The van der Waals surface area contributed by atoms with E-state index in [1.54, 1.807) is 10.9 Å². The lowest BCUT2D eigenvalue weighted by molar-refractivity contribution is 0.269. The molecule has 0 aliphatic heterocycles. The van der Waals surface area contributed by atoms with Gasteiger partial charge in [0.1, 0.15) is 0 Å². The van der Waals surface area contributed by atoms with Gasteiger partial charge in [0.05, 0.1) is 25.0 Å². The molecule has 1 unspecified atom stereocenters. The maximum Gasteiger partial charge on any atom is 0.0728 e. The van der Waals surface area contributed by atoms with Crippen molar-refractivity contribution in [2.24, 2.45) is 0 Å². The summed E-state index contributed by atoms with van der Waals surface area (Å²) >= 11 is 0. The van der Waals surface area contributed by atoms with Crippen LogP contribution in [0.5, 0.6) is 0 Å². The SMILES string of the molecule is CC(CCc1ccccc1)Nc1cnn(CCO)c1. The summed E-state index contributed by atoms with van der Waals surface area (Å²) in [4.78, 5) is 0. The molecule has 1 aromatic carbocycles. The van der Waals surface area contributed by atoms with Gasteiger partial charge >= 0.3 is 0 Å². The molecule has 0 aliphatic rings. The molecule has 4 heteroatoms. The highest BCUT2D eigenvalue weighted by atomic mass is 16.3. The smallest absolute Gasteiger partial charge is 0.0728 e. The van der Waals surface area contributed by atoms with E-state index in [2.05, 4.69) is 41.6 Å². The summed E-state index contributed by atoms with van der Waals surface area (Å²) < 4.78 is 1.74. The molecule has 0 saturated carbocycles. The van der Waals surface area contributed by atoms with E-state index in [0.717, 1.165) is 18.5 Å². The minimum absolute atomic E-state index is 0.116. The van der Waals surface area contributed by atoms with Crippen molar-refractivity contribution < 1.29 is 5.11 Å². The Balaban J connectivity index is 1.78. The number of nitrogens with zero attached hydrogens (tertiary/aromatic N) is 2. The van der Waals surface area contributed by atoms with E-state index in [1.807, 2.05) is 12.3 Å². The number of anilines is 1. The molecule has 2 N–H and O–H groups in total. The van der Waals surface area contributed by atoms with Gasteiger partial charge in [0.15, 0.2) is 0 Å². The largest absolute Gasteiger partial charge is 0.394 e. The van der Waals surface area contributed by atoms with Crippen LogP contribution in [0.2, 0.25) is 0 Å². The monoisotopic (exact) mass is 259 g/mol. The number of aliphatic hydroxyl groups is 1. The lowest BCUT2D eigenvalue weighted by atomic mass is 10.1. The Hall–Kier alpha value is -1.81. The molecule has 1 heterocycles. The van der Waals surface area contributed by atoms with Crippen molar-refractivity contribution in [2.75, 3.05) is 11.9 Å². The molecular weight excluding hydrogens is 238 g/mol. The number of benzene rings is 1. The molecule has 102 valence electrons. The number of hydrogen-bond acceptors (Lipinski definition) is 3. The first-order valence-corrected chi connectivity index (χ1v) is 6.71. The average Bonchev–Trinajstić information content (AvgIpc) is 2.85. The highest BCUT2D eigenvalue weighted by Gasteiger charge is 2.04. The Morgan fingerprint density at radius 1 is 1.32 bits per heavy atom. The minimum atomic E-state index is 0.116. The highest BCUT2D eigenvalue weighted by Crippen LogP contribution is 2.11. The van der Waals surface area contributed by atoms with E-state index >= 15 is 0 Å². The van der Waals surface area contributed by atoms with Crippen molar-refractivity contribution in [3.05, 3.63) is 48.3 Å². The Kier molecular flexibility index (Phi) is 4.98. The fraction of sp³-hybridized carbons (Fsp3) is 0.400. The third kappa shape index (κ3) is 4.41. The van der Waals surface area contributed by atoms with Gasteiger partial charge in [0, 0.05) is 12.2 Å². The predicted octanol–water partition coefficient (Wildman–Crippen LogP) is 2.31. The first-order valence-electron chi connectivity index (χ1n) is 6.71. The molecule has 2 rings (SSSR count). The summed E-state index contributed by atoms with van der Waals surface area (Å²) in [5.41, 5.74) is 2.38. The Morgan fingerprint density at radius 3 is 2.84 bits per heavy atom. The van der Waals surface area contributed by atoms with E-state index < -0.39 is 0 Å². The molecule has 1 aromatic heterocycles. The number of hydrogen-bond donors (Lipinski definition) is 2. The standard InChI is InChI=1S/C15H21N3O/c1-13(7-8-14-5-3-2-4-6-14)17-15-11-16-18(12-15)9-10-19/h2-6,11-13,17,19H,7-10H2,1H3. The van der Waals surface area contributed by atoms with E-state index in [4.69, 9.17) is 5.11 Å². The van der Waals surface area contributed by atoms with E-state index in [1.165, 1.54) is 5.56 Å². The average molecular weight is 259 g/mol. The van der Waals surface area contributed by atoms with Crippen LogP contribution in [0.3, 0.4) is 0 Å². The molecule has 0 fully saturated rings. The van der Waals surface area contributed by atoms with Crippen LogP contribution < -0.4 is 5.32 Å². The summed E-state index contributed by atoms with van der Waals surface area (Å²) in [7, 11) is 0. The Labute approximate surface area is 114 Å². The Bertz CT molecular complexity index is 481. The van der Waals surface area contributed by atoms with Crippen molar-refractivity contribution in [3.63, 3.8) is 0 Å². The fourth-order valence-corrected chi connectivity index (χ4v) is 2.05. The third-order valence-corrected chi connectivity index (χ3v) is 3.08. The van der Waals surface area contributed by atoms with Gasteiger partial charge in [-0.2, -0.15) is 5.10 Å². The molecule has 2 aromatic rings. The quantitative estimate of drug-likeness (QED) is 0.802. The molecular formula is C15H21N3O. The zero-order chi connectivity index (χ0) is 13.5. The van der Waals surface area contributed by atoms with E-state index in [9.17, 15) is 0 Å². The van der Waals surface area contributed by atoms with E-state index in [-0.39, 0.29) is 6.61 Å². The summed E-state index contributed by atoms with van der Waals surface area (Å²) in [5.74, 6) is 0. The van der Waals surface area contributed by atoms with Crippen LogP contribution in [-0.2, 0) is 13.0 Å². The Morgan fingerprint density at radius 2 is 2.11 bits per heavy atom. The molecule has 19 heavy (non-hydrogen) atoms. The summed E-state index contributed by atoms with van der Waals surface area (Å²) in [5, 5.41) is 16.4. The van der Waals surface area contributed by atoms with E-state index in [0.29, 0.717) is 12.6 Å². The molecule has 0 aliphatic carbocycles. The highest BCUT2D eigenvalue weighted by molar-refractivity contribution is 5.39. The fourth-order valence-electron chi connectivity index (χ4n) is 2.05. The maximum atomic E-state index is 8.84. The maximum absolute atomic E-state index is 8.84. The predicted molar refractivity (Wildman–Crippen MR) is 77.2 cm³/mol.